The Morgan fingerprint density at radius 1 is 1.21 bits per heavy atom. The van der Waals surface area contributed by atoms with Crippen molar-refractivity contribution >= 4 is 29.3 Å². The van der Waals surface area contributed by atoms with E-state index < -0.39 is 0 Å². The maximum atomic E-state index is 12.3. The number of thioether (sulfide) groups is 1. The molecule has 4 rings (SSSR count). The molecule has 0 unspecified atom stereocenters. The second-order valence-electron chi connectivity index (χ2n) is 6.87. The minimum Gasteiger partial charge on any atom is -0.376 e. The molecule has 1 aliphatic rings. The maximum absolute atomic E-state index is 12.3. The Hall–Kier alpha value is -2.28. The lowest BCUT2D eigenvalue weighted by Gasteiger charge is -2.10. The van der Waals surface area contributed by atoms with E-state index in [1.165, 1.54) is 11.8 Å². The van der Waals surface area contributed by atoms with Crippen LogP contribution in [0.4, 0.5) is 0 Å². The van der Waals surface area contributed by atoms with Crippen LogP contribution in [0.2, 0.25) is 5.02 Å². The van der Waals surface area contributed by atoms with E-state index in [2.05, 4.69) is 10.3 Å². The van der Waals surface area contributed by atoms with Gasteiger partial charge in [0.1, 0.15) is 10.9 Å². The van der Waals surface area contributed by atoms with Crippen LogP contribution in [0, 0.1) is 0 Å². The third kappa shape index (κ3) is 5.21. The highest BCUT2D eigenvalue weighted by atomic mass is 35.5. The first-order valence-corrected chi connectivity index (χ1v) is 11.0. The summed E-state index contributed by atoms with van der Waals surface area (Å²) in [5.41, 5.74) is 2.83. The number of hydrogen-bond acceptors (Lipinski definition) is 4. The van der Waals surface area contributed by atoms with Crippen molar-refractivity contribution < 1.29 is 9.53 Å². The Morgan fingerprint density at radius 2 is 2.03 bits per heavy atom. The molecular weight excluding hydrogens is 406 g/mol. The van der Waals surface area contributed by atoms with E-state index in [0.29, 0.717) is 17.3 Å². The second kappa shape index (κ2) is 9.48. The van der Waals surface area contributed by atoms with Crippen LogP contribution >= 0.6 is 23.4 Å². The first-order chi connectivity index (χ1) is 14.2. The molecule has 0 aliphatic carbocycles. The molecule has 150 valence electrons. The molecule has 5 nitrogen and oxygen atoms in total. The molecule has 0 saturated carbocycles. The lowest BCUT2D eigenvalue weighted by molar-refractivity contribution is -0.119. The van der Waals surface area contributed by atoms with Crippen LogP contribution in [0.1, 0.15) is 12.8 Å². The van der Waals surface area contributed by atoms with Crippen LogP contribution in [0.5, 0.6) is 0 Å². The van der Waals surface area contributed by atoms with Crippen molar-refractivity contribution in [1.29, 1.82) is 0 Å². The van der Waals surface area contributed by atoms with E-state index >= 15 is 0 Å². The number of aromatic nitrogens is 2. The van der Waals surface area contributed by atoms with Gasteiger partial charge in [0.15, 0.2) is 0 Å². The molecule has 2 N–H and O–H groups in total. The molecule has 1 fully saturated rings. The smallest absolute Gasteiger partial charge is 0.230 e. The van der Waals surface area contributed by atoms with Gasteiger partial charge in [0.2, 0.25) is 5.91 Å². The van der Waals surface area contributed by atoms with Gasteiger partial charge in [-0.2, -0.15) is 0 Å². The SMILES string of the molecule is O=C(CSc1nc(-c2cccc(Cl)c2)[nH]c1-c1ccccc1)NC[C@H]1CCCO1. The number of rotatable bonds is 7. The Kier molecular flexibility index (Phi) is 6.54. The summed E-state index contributed by atoms with van der Waals surface area (Å²) in [6, 6.07) is 17.6. The van der Waals surface area contributed by atoms with Gasteiger partial charge in [-0.1, -0.05) is 65.8 Å². The minimum atomic E-state index is -0.0168. The van der Waals surface area contributed by atoms with E-state index in [4.69, 9.17) is 21.3 Å². The van der Waals surface area contributed by atoms with E-state index in [1.807, 2.05) is 54.6 Å². The Labute approximate surface area is 179 Å². The first-order valence-electron chi connectivity index (χ1n) is 9.61. The summed E-state index contributed by atoms with van der Waals surface area (Å²) in [7, 11) is 0. The predicted molar refractivity (Wildman–Crippen MR) is 117 cm³/mol. The fourth-order valence-corrected chi connectivity index (χ4v) is 4.28. The minimum absolute atomic E-state index is 0.0168. The van der Waals surface area contributed by atoms with Gasteiger partial charge in [-0.05, 0) is 25.0 Å². The number of halogens is 1. The molecular formula is C22H22ClN3O2S. The van der Waals surface area contributed by atoms with Gasteiger partial charge in [-0.3, -0.25) is 4.79 Å². The number of ether oxygens (including phenoxy) is 1. The Balaban J connectivity index is 1.50. The monoisotopic (exact) mass is 427 g/mol. The highest BCUT2D eigenvalue weighted by molar-refractivity contribution is 8.00. The lowest BCUT2D eigenvalue weighted by atomic mass is 10.2. The highest BCUT2D eigenvalue weighted by Crippen LogP contribution is 2.33. The number of benzene rings is 2. The molecule has 1 aliphatic heterocycles. The number of nitrogens with zero attached hydrogens (tertiary/aromatic N) is 1. The number of nitrogens with one attached hydrogen (secondary N) is 2. The van der Waals surface area contributed by atoms with Gasteiger partial charge in [-0.25, -0.2) is 4.98 Å². The van der Waals surface area contributed by atoms with Gasteiger partial charge in [-0.15, -0.1) is 0 Å². The summed E-state index contributed by atoms with van der Waals surface area (Å²) < 4.78 is 5.56. The predicted octanol–water partition coefficient (Wildman–Crippen LogP) is 4.78. The number of hydrogen-bond donors (Lipinski definition) is 2. The quantitative estimate of drug-likeness (QED) is 0.532. The average molecular weight is 428 g/mol. The third-order valence-corrected chi connectivity index (χ3v) is 5.93. The Morgan fingerprint density at radius 3 is 2.79 bits per heavy atom. The zero-order valence-electron chi connectivity index (χ0n) is 15.9. The molecule has 2 aromatic carbocycles. The standard InChI is InChI=1S/C22H22ClN3O2S/c23-17-9-4-8-16(12-17)21-25-20(15-6-2-1-3-7-15)22(26-21)29-14-19(27)24-13-18-10-5-11-28-18/h1-4,6-9,12,18H,5,10-11,13-14H2,(H,24,27)(H,25,26)/t18-/m1/s1. The summed E-state index contributed by atoms with van der Waals surface area (Å²) in [5, 5.41) is 4.41. The van der Waals surface area contributed by atoms with Crippen LogP contribution in [-0.4, -0.2) is 40.9 Å². The van der Waals surface area contributed by atoms with Crippen LogP contribution in [0.3, 0.4) is 0 Å². The van der Waals surface area contributed by atoms with Crippen LogP contribution in [0.15, 0.2) is 59.6 Å². The van der Waals surface area contributed by atoms with Crippen molar-refractivity contribution in [2.45, 2.75) is 24.0 Å². The largest absolute Gasteiger partial charge is 0.376 e. The van der Waals surface area contributed by atoms with Gasteiger partial charge in [0.25, 0.3) is 0 Å². The number of carbonyl (C=O) groups is 1. The summed E-state index contributed by atoms with van der Waals surface area (Å²) >= 11 is 7.56. The molecule has 1 amide bonds. The van der Waals surface area contributed by atoms with E-state index in [1.54, 1.807) is 0 Å². The number of aromatic amines is 1. The Bertz CT molecular complexity index is 971. The molecule has 1 saturated heterocycles. The van der Waals surface area contributed by atoms with E-state index in [-0.39, 0.29) is 12.0 Å². The van der Waals surface area contributed by atoms with Crippen molar-refractivity contribution in [3.63, 3.8) is 0 Å². The number of amides is 1. The molecule has 1 atom stereocenters. The lowest BCUT2D eigenvalue weighted by Crippen LogP contribution is -2.32. The zero-order valence-corrected chi connectivity index (χ0v) is 17.4. The molecule has 3 aromatic rings. The average Bonchev–Trinajstić information content (AvgIpc) is 3.41. The highest BCUT2D eigenvalue weighted by Gasteiger charge is 2.18. The van der Waals surface area contributed by atoms with Crippen molar-refractivity contribution in [2.75, 3.05) is 18.9 Å². The molecule has 7 heteroatoms. The van der Waals surface area contributed by atoms with Gasteiger partial charge in [0, 0.05) is 29.3 Å². The summed E-state index contributed by atoms with van der Waals surface area (Å²) in [6.07, 6.45) is 2.21. The molecule has 1 aromatic heterocycles. The van der Waals surface area contributed by atoms with E-state index in [0.717, 1.165) is 47.1 Å². The number of imidazole rings is 1. The summed E-state index contributed by atoms with van der Waals surface area (Å²) in [6.45, 7) is 1.36. The first kappa shape index (κ1) is 20.0. The normalized spacial score (nSPS) is 16.1. The van der Waals surface area contributed by atoms with Gasteiger partial charge < -0.3 is 15.0 Å². The topological polar surface area (TPSA) is 67.0 Å². The molecule has 0 spiro atoms. The fraction of sp³-hybridized carbons (Fsp3) is 0.273. The van der Waals surface area contributed by atoms with Crippen molar-refractivity contribution in [3.8, 4) is 22.6 Å². The number of carbonyl (C=O) groups excluding carboxylic acids is 1. The summed E-state index contributed by atoms with van der Waals surface area (Å²) in [5.74, 6) is 1.01. The van der Waals surface area contributed by atoms with Crippen molar-refractivity contribution in [2.24, 2.45) is 0 Å². The maximum Gasteiger partial charge on any atom is 0.230 e. The molecule has 29 heavy (non-hydrogen) atoms. The van der Waals surface area contributed by atoms with Crippen LogP contribution < -0.4 is 5.32 Å². The summed E-state index contributed by atoms with van der Waals surface area (Å²) in [4.78, 5) is 20.5. The second-order valence-corrected chi connectivity index (χ2v) is 8.27. The fourth-order valence-electron chi connectivity index (χ4n) is 3.25. The zero-order chi connectivity index (χ0) is 20.1. The van der Waals surface area contributed by atoms with Gasteiger partial charge in [0.05, 0.1) is 17.6 Å². The third-order valence-electron chi connectivity index (χ3n) is 4.72. The molecule has 0 bridgehead atoms. The van der Waals surface area contributed by atoms with Crippen LogP contribution in [0.25, 0.3) is 22.6 Å². The van der Waals surface area contributed by atoms with Gasteiger partial charge >= 0.3 is 0 Å². The van der Waals surface area contributed by atoms with Crippen molar-refractivity contribution in [3.05, 3.63) is 59.6 Å². The van der Waals surface area contributed by atoms with Crippen molar-refractivity contribution in [1.82, 2.24) is 15.3 Å². The van der Waals surface area contributed by atoms with E-state index in [9.17, 15) is 4.79 Å². The van der Waals surface area contributed by atoms with Crippen LogP contribution in [-0.2, 0) is 9.53 Å². The molecule has 2 heterocycles. The number of H-pyrrole nitrogens is 1. The molecule has 0 radical (unpaired) electrons.